The third-order valence-corrected chi connectivity index (χ3v) is 6.44. The minimum Gasteiger partial charge on any atom is -0.385 e. The van der Waals surface area contributed by atoms with Crippen molar-refractivity contribution in [3.05, 3.63) is 46.8 Å². The van der Waals surface area contributed by atoms with E-state index in [-0.39, 0.29) is 48.0 Å². The zero-order valence-electron chi connectivity index (χ0n) is 22.1. The van der Waals surface area contributed by atoms with Gasteiger partial charge < -0.3 is 31.4 Å². The molecule has 0 bridgehead atoms. The second-order valence-electron chi connectivity index (χ2n) is 10.3. The van der Waals surface area contributed by atoms with E-state index in [9.17, 15) is 27.9 Å². The minimum atomic E-state index is -4.67. The zero-order chi connectivity index (χ0) is 29.1. The van der Waals surface area contributed by atoms with Crippen LogP contribution in [0.2, 0.25) is 5.02 Å². The topological polar surface area (TPSA) is 135 Å². The number of aliphatic hydroxyl groups is 1. The van der Waals surface area contributed by atoms with Crippen molar-refractivity contribution in [1.29, 1.82) is 5.41 Å². The Bertz CT molecular complexity index is 1290. The fraction of sp³-hybridized carbons (Fsp3) is 0.462. The lowest BCUT2D eigenvalue weighted by atomic mass is 9.99. The van der Waals surface area contributed by atoms with E-state index in [4.69, 9.17) is 17.0 Å². The van der Waals surface area contributed by atoms with Crippen LogP contribution in [0.1, 0.15) is 39.8 Å². The van der Waals surface area contributed by atoms with Crippen molar-refractivity contribution in [2.45, 2.75) is 58.0 Å². The molecule has 9 nitrogen and oxygen atoms in total. The molecular weight excluding hydrogens is 537 g/mol. The lowest BCUT2D eigenvalue weighted by Gasteiger charge is -2.38. The van der Waals surface area contributed by atoms with Crippen LogP contribution in [0.3, 0.4) is 0 Å². The van der Waals surface area contributed by atoms with Gasteiger partial charge in [0.15, 0.2) is 0 Å². The van der Waals surface area contributed by atoms with E-state index in [0.29, 0.717) is 16.8 Å². The van der Waals surface area contributed by atoms with Gasteiger partial charge in [-0.3, -0.25) is 9.59 Å². The van der Waals surface area contributed by atoms with Crippen molar-refractivity contribution < 1.29 is 33.2 Å². The molecule has 3 rings (SSSR count). The molecule has 212 valence electrons. The van der Waals surface area contributed by atoms with Gasteiger partial charge in [0, 0.05) is 53.9 Å². The Morgan fingerprint density at radius 3 is 2.49 bits per heavy atom. The van der Waals surface area contributed by atoms with Crippen LogP contribution in [0.15, 0.2) is 36.0 Å². The standard InChI is InChI=1S/C26H32ClF3N6O3/c1-14(31)20(10-32-13-25(3,4)39)24(38)34-18-8-17(11-36(12-18)15(2)37)33-22-9-23(26(28,29)30)35-21-6-5-16(27)7-19(21)22/h5-7,9-10,17-18,31-32,39H,8,11-13H2,1-4H3,(H,33,35)(H,34,38)/p+1/b20-10+,31-14?/t17-,18+/m1/s1. The highest BCUT2D eigenvalue weighted by atomic mass is 35.5. The van der Waals surface area contributed by atoms with Crippen LogP contribution in [0.4, 0.5) is 18.9 Å². The first-order valence-corrected chi connectivity index (χ1v) is 12.7. The Balaban J connectivity index is 1.86. The maximum absolute atomic E-state index is 13.6. The number of benzene rings is 1. The number of pyridine rings is 1. The molecule has 13 heteroatoms. The molecule has 1 aromatic heterocycles. The number of nitrogens with zero attached hydrogens (tertiary/aromatic N) is 2. The summed E-state index contributed by atoms with van der Waals surface area (Å²) in [5.74, 6) is -0.777. The molecule has 0 spiro atoms. The maximum Gasteiger partial charge on any atom is 0.433 e. The van der Waals surface area contributed by atoms with E-state index in [1.807, 2.05) is 0 Å². The number of carbonyl (C=O) groups is 2. The van der Waals surface area contributed by atoms with Gasteiger partial charge in [0.05, 0.1) is 5.52 Å². The SMILES string of the molecule is CC(=N)/C(=C\[NH2+]CC(C)(C)O)C(=O)N[C@H]1C[C@@H](Nc2cc(C(F)(F)F)nc3ccc(Cl)cc23)CN(C(C)=O)C1. The first-order chi connectivity index (χ1) is 18.0. The molecule has 1 aliphatic rings. The molecule has 1 aromatic carbocycles. The van der Waals surface area contributed by atoms with E-state index in [1.165, 1.54) is 43.1 Å². The van der Waals surface area contributed by atoms with Crippen LogP contribution in [-0.4, -0.2) is 69.8 Å². The van der Waals surface area contributed by atoms with Crippen molar-refractivity contribution >= 4 is 45.7 Å². The number of nitrogens with one attached hydrogen (secondary N) is 3. The van der Waals surface area contributed by atoms with Crippen molar-refractivity contribution in [3.63, 3.8) is 0 Å². The van der Waals surface area contributed by atoms with Crippen LogP contribution in [0, 0.1) is 5.41 Å². The molecule has 0 radical (unpaired) electrons. The highest BCUT2D eigenvalue weighted by molar-refractivity contribution is 6.31. The van der Waals surface area contributed by atoms with Crippen molar-refractivity contribution in [3.8, 4) is 0 Å². The van der Waals surface area contributed by atoms with Crippen molar-refractivity contribution in [2.75, 3.05) is 25.0 Å². The second kappa shape index (κ2) is 11.9. The van der Waals surface area contributed by atoms with Crippen LogP contribution >= 0.6 is 11.6 Å². The number of alkyl halides is 3. The van der Waals surface area contributed by atoms with E-state index < -0.39 is 35.5 Å². The molecule has 39 heavy (non-hydrogen) atoms. The van der Waals surface area contributed by atoms with Gasteiger partial charge >= 0.3 is 6.18 Å². The van der Waals surface area contributed by atoms with Gasteiger partial charge in [-0.15, -0.1) is 0 Å². The number of hydrogen-bond acceptors (Lipinski definition) is 6. The number of aromatic nitrogens is 1. The highest BCUT2D eigenvalue weighted by Gasteiger charge is 2.35. The third kappa shape index (κ3) is 8.38. The fourth-order valence-electron chi connectivity index (χ4n) is 4.35. The summed E-state index contributed by atoms with van der Waals surface area (Å²) >= 11 is 6.11. The highest BCUT2D eigenvalue weighted by Crippen LogP contribution is 2.34. The fourth-order valence-corrected chi connectivity index (χ4v) is 4.52. The Morgan fingerprint density at radius 2 is 1.90 bits per heavy atom. The number of likely N-dealkylation sites (tertiary alicyclic amines) is 1. The number of rotatable bonds is 8. The van der Waals surface area contributed by atoms with E-state index in [2.05, 4.69) is 15.6 Å². The normalized spacial score (nSPS) is 18.7. The molecule has 1 aliphatic heterocycles. The van der Waals surface area contributed by atoms with Gasteiger partial charge in [-0.25, -0.2) is 4.98 Å². The monoisotopic (exact) mass is 569 g/mol. The molecule has 2 atom stereocenters. The average Bonchev–Trinajstić information content (AvgIpc) is 2.80. The quantitative estimate of drug-likeness (QED) is 0.246. The summed E-state index contributed by atoms with van der Waals surface area (Å²) in [7, 11) is 0. The van der Waals surface area contributed by atoms with Crippen LogP contribution in [0.5, 0.6) is 0 Å². The minimum absolute atomic E-state index is 0.0215. The molecule has 0 unspecified atom stereocenters. The Labute approximate surface area is 229 Å². The number of nitrogens with two attached hydrogens (primary N) is 1. The van der Waals surface area contributed by atoms with Gasteiger partial charge in [-0.1, -0.05) is 11.6 Å². The van der Waals surface area contributed by atoms with Crippen LogP contribution < -0.4 is 16.0 Å². The summed E-state index contributed by atoms with van der Waals surface area (Å²) in [6, 6.07) is 4.26. The molecule has 1 fully saturated rings. The summed E-state index contributed by atoms with van der Waals surface area (Å²) in [5, 5.41) is 26.2. The van der Waals surface area contributed by atoms with Crippen LogP contribution in [-0.2, 0) is 15.8 Å². The van der Waals surface area contributed by atoms with Crippen molar-refractivity contribution in [2.24, 2.45) is 0 Å². The molecule has 1 saturated heterocycles. The first kappa shape index (κ1) is 30.3. The number of hydrogen-bond donors (Lipinski definition) is 5. The lowest BCUT2D eigenvalue weighted by Crippen LogP contribution is -2.82. The predicted octanol–water partition coefficient (Wildman–Crippen LogP) is 2.68. The summed E-state index contributed by atoms with van der Waals surface area (Å²) in [6.45, 7) is 6.77. The van der Waals surface area contributed by atoms with E-state index in [0.717, 1.165) is 6.07 Å². The number of quaternary nitrogens is 1. The second-order valence-corrected chi connectivity index (χ2v) is 10.8. The number of piperidine rings is 1. The van der Waals surface area contributed by atoms with Gasteiger partial charge in [-0.2, -0.15) is 13.2 Å². The molecule has 6 N–H and O–H groups in total. The molecular formula is C26H33ClF3N6O3+. The predicted molar refractivity (Wildman–Crippen MR) is 143 cm³/mol. The number of carbonyl (C=O) groups excluding carboxylic acids is 2. The molecule has 0 aliphatic carbocycles. The lowest BCUT2D eigenvalue weighted by molar-refractivity contribution is -0.602. The van der Waals surface area contributed by atoms with Crippen molar-refractivity contribution in [1.82, 2.24) is 15.2 Å². The molecule has 2 aromatic rings. The van der Waals surface area contributed by atoms with Gasteiger partial charge in [0.2, 0.25) is 5.91 Å². The van der Waals surface area contributed by atoms with Gasteiger partial charge in [-0.05, 0) is 51.5 Å². The number of anilines is 1. The van der Waals surface area contributed by atoms with Crippen LogP contribution in [0.25, 0.3) is 10.9 Å². The largest absolute Gasteiger partial charge is 0.433 e. The first-order valence-electron chi connectivity index (χ1n) is 12.4. The van der Waals surface area contributed by atoms with E-state index in [1.54, 1.807) is 19.2 Å². The summed E-state index contributed by atoms with van der Waals surface area (Å²) < 4.78 is 40.7. The van der Waals surface area contributed by atoms with Gasteiger partial charge in [0.25, 0.3) is 5.91 Å². The summed E-state index contributed by atoms with van der Waals surface area (Å²) in [6.07, 6.45) is -2.89. The smallest absolute Gasteiger partial charge is 0.385 e. The Kier molecular flexibility index (Phi) is 9.24. The Morgan fingerprint density at radius 1 is 1.23 bits per heavy atom. The summed E-state index contributed by atoms with van der Waals surface area (Å²) in [4.78, 5) is 30.6. The zero-order valence-corrected chi connectivity index (χ0v) is 22.9. The molecule has 2 amide bonds. The third-order valence-electron chi connectivity index (χ3n) is 6.20. The number of halogens is 4. The molecule has 2 heterocycles. The number of fused-ring (bicyclic) bond motifs is 1. The average molecular weight is 570 g/mol. The molecule has 0 saturated carbocycles. The van der Waals surface area contributed by atoms with E-state index >= 15 is 0 Å². The summed E-state index contributed by atoms with van der Waals surface area (Å²) in [5.41, 5.74) is -1.65. The Hall–Kier alpha value is -3.22. The maximum atomic E-state index is 13.6. The number of amides is 2. The van der Waals surface area contributed by atoms with Gasteiger partial charge in [0.1, 0.15) is 29.6 Å².